The Bertz CT molecular complexity index is 983. The summed E-state index contributed by atoms with van der Waals surface area (Å²) in [6.45, 7) is 2.32. The highest BCUT2D eigenvalue weighted by Gasteiger charge is 2.26. The number of aromatic nitrogens is 1. The van der Waals surface area contributed by atoms with Crippen LogP contribution in [0.1, 0.15) is 33.8 Å². The van der Waals surface area contributed by atoms with E-state index < -0.39 is 0 Å². The quantitative estimate of drug-likeness (QED) is 0.748. The molecule has 1 aromatic heterocycles. The van der Waals surface area contributed by atoms with Gasteiger partial charge in [0, 0.05) is 11.7 Å². The number of rotatable bonds is 5. The van der Waals surface area contributed by atoms with E-state index in [0.29, 0.717) is 11.4 Å². The van der Waals surface area contributed by atoms with Crippen molar-refractivity contribution in [2.45, 2.75) is 32.4 Å². The molecule has 26 heavy (non-hydrogen) atoms. The molecular weight excluding hydrogens is 344 g/mol. The molecule has 0 unspecified atom stereocenters. The molecule has 132 valence electrons. The van der Waals surface area contributed by atoms with Gasteiger partial charge in [-0.3, -0.25) is 14.2 Å². The van der Waals surface area contributed by atoms with Crippen LogP contribution in [0, 0.1) is 6.92 Å². The molecule has 1 N–H and O–H groups in total. The highest BCUT2D eigenvalue weighted by molar-refractivity contribution is 7.11. The van der Waals surface area contributed by atoms with Crippen molar-refractivity contribution in [3.8, 4) is 11.1 Å². The van der Waals surface area contributed by atoms with E-state index in [2.05, 4.69) is 29.6 Å². The van der Waals surface area contributed by atoms with Gasteiger partial charge in [0.1, 0.15) is 4.88 Å². The zero-order valence-electron chi connectivity index (χ0n) is 14.6. The SMILES string of the molecule is Cc1c(C(=O)NC2CC2)sc(=O)n1Cc1ccc(-c2ccccc2)cc1. The van der Waals surface area contributed by atoms with Gasteiger partial charge >= 0.3 is 4.87 Å². The molecule has 0 spiro atoms. The van der Waals surface area contributed by atoms with Gasteiger partial charge in [0.2, 0.25) is 0 Å². The Morgan fingerprint density at radius 2 is 1.73 bits per heavy atom. The highest BCUT2D eigenvalue weighted by atomic mass is 32.1. The Labute approximate surface area is 156 Å². The zero-order chi connectivity index (χ0) is 18.1. The minimum atomic E-state index is -0.120. The molecule has 1 saturated carbocycles. The smallest absolute Gasteiger partial charge is 0.308 e. The number of benzene rings is 2. The van der Waals surface area contributed by atoms with Crippen LogP contribution in [0.25, 0.3) is 11.1 Å². The summed E-state index contributed by atoms with van der Waals surface area (Å²) in [6, 6.07) is 18.7. The van der Waals surface area contributed by atoms with Crippen molar-refractivity contribution in [3.05, 3.63) is 80.4 Å². The molecule has 1 heterocycles. The molecule has 2 aromatic carbocycles. The van der Waals surface area contributed by atoms with Crippen LogP contribution in [0.4, 0.5) is 0 Å². The molecule has 0 saturated heterocycles. The second-order valence-electron chi connectivity index (χ2n) is 6.68. The van der Waals surface area contributed by atoms with Gasteiger partial charge in [-0.25, -0.2) is 0 Å². The van der Waals surface area contributed by atoms with Crippen molar-refractivity contribution in [2.24, 2.45) is 0 Å². The Kier molecular flexibility index (Phi) is 4.47. The second kappa shape index (κ2) is 6.92. The summed E-state index contributed by atoms with van der Waals surface area (Å²) in [7, 11) is 0. The fourth-order valence-electron chi connectivity index (χ4n) is 2.96. The summed E-state index contributed by atoms with van der Waals surface area (Å²) in [6.07, 6.45) is 2.07. The lowest BCUT2D eigenvalue weighted by Gasteiger charge is -2.08. The summed E-state index contributed by atoms with van der Waals surface area (Å²) in [5.74, 6) is -0.120. The van der Waals surface area contributed by atoms with Gasteiger partial charge in [-0.1, -0.05) is 65.9 Å². The molecule has 1 amide bonds. The normalized spacial score (nSPS) is 13.6. The molecule has 5 heteroatoms. The minimum Gasteiger partial charge on any atom is -0.349 e. The molecule has 0 aliphatic heterocycles. The minimum absolute atomic E-state index is 0.0874. The van der Waals surface area contributed by atoms with Gasteiger partial charge in [0.05, 0.1) is 6.54 Å². The molecule has 4 rings (SSSR count). The second-order valence-corrected chi connectivity index (χ2v) is 7.64. The maximum atomic E-state index is 12.4. The lowest BCUT2D eigenvalue weighted by atomic mass is 10.0. The van der Waals surface area contributed by atoms with Crippen molar-refractivity contribution < 1.29 is 4.79 Å². The first-order chi connectivity index (χ1) is 12.6. The number of carbonyl (C=O) groups excluding carboxylic acids is 1. The van der Waals surface area contributed by atoms with Crippen LogP contribution in [0.15, 0.2) is 59.4 Å². The summed E-state index contributed by atoms with van der Waals surface area (Å²) in [5.41, 5.74) is 4.10. The van der Waals surface area contributed by atoms with Crippen LogP contribution >= 0.6 is 11.3 Å². The van der Waals surface area contributed by atoms with Crippen LogP contribution in [-0.4, -0.2) is 16.5 Å². The molecule has 0 radical (unpaired) electrons. The standard InChI is InChI=1S/C21H20N2O2S/c1-14-19(20(24)22-18-11-12-18)26-21(25)23(14)13-15-7-9-17(10-8-15)16-5-3-2-4-6-16/h2-10,18H,11-13H2,1H3,(H,22,24). The van der Waals surface area contributed by atoms with Crippen molar-refractivity contribution >= 4 is 17.2 Å². The Balaban J connectivity index is 1.54. The third kappa shape index (κ3) is 3.48. The average molecular weight is 364 g/mol. The predicted octanol–water partition coefficient (Wildman–Crippen LogP) is 3.83. The highest BCUT2D eigenvalue weighted by Crippen LogP contribution is 2.22. The predicted molar refractivity (Wildman–Crippen MR) is 105 cm³/mol. The number of amides is 1. The maximum absolute atomic E-state index is 12.4. The molecule has 4 nitrogen and oxygen atoms in total. The van der Waals surface area contributed by atoms with E-state index in [9.17, 15) is 9.59 Å². The van der Waals surface area contributed by atoms with Crippen molar-refractivity contribution in [3.63, 3.8) is 0 Å². The van der Waals surface area contributed by atoms with Gasteiger partial charge in [0.15, 0.2) is 0 Å². The van der Waals surface area contributed by atoms with E-state index >= 15 is 0 Å². The number of hydrogen-bond donors (Lipinski definition) is 1. The van der Waals surface area contributed by atoms with Gasteiger partial charge < -0.3 is 5.32 Å². The fourth-order valence-corrected chi connectivity index (χ4v) is 3.86. The van der Waals surface area contributed by atoms with Crippen molar-refractivity contribution in [1.82, 2.24) is 9.88 Å². The molecule has 1 aliphatic rings. The number of thiazole rings is 1. The Morgan fingerprint density at radius 1 is 1.08 bits per heavy atom. The zero-order valence-corrected chi connectivity index (χ0v) is 15.4. The number of nitrogens with one attached hydrogen (secondary N) is 1. The van der Waals surface area contributed by atoms with Gasteiger partial charge in [-0.05, 0) is 36.5 Å². The van der Waals surface area contributed by atoms with Crippen molar-refractivity contribution in [2.75, 3.05) is 0 Å². The molecule has 1 fully saturated rings. The largest absolute Gasteiger partial charge is 0.349 e. The first kappa shape index (κ1) is 16.8. The van der Waals surface area contributed by atoms with Gasteiger partial charge in [-0.15, -0.1) is 0 Å². The third-order valence-corrected chi connectivity index (χ3v) is 5.74. The molecule has 0 atom stereocenters. The van der Waals surface area contributed by atoms with E-state index in [4.69, 9.17) is 0 Å². The van der Waals surface area contributed by atoms with Gasteiger partial charge in [0.25, 0.3) is 5.91 Å². The van der Waals surface area contributed by atoms with Crippen molar-refractivity contribution in [1.29, 1.82) is 0 Å². The topological polar surface area (TPSA) is 51.1 Å². The Hall–Kier alpha value is -2.66. The molecule has 1 aliphatic carbocycles. The summed E-state index contributed by atoms with van der Waals surface area (Å²) in [5, 5.41) is 2.96. The lowest BCUT2D eigenvalue weighted by molar-refractivity contribution is 0.0954. The molecular formula is C21H20N2O2S. The van der Waals surface area contributed by atoms with Crippen LogP contribution in [-0.2, 0) is 6.54 Å². The molecule has 0 bridgehead atoms. The third-order valence-electron chi connectivity index (χ3n) is 4.66. The van der Waals surface area contributed by atoms with Crippen LogP contribution in [0.5, 0.6) is 0 Å². The number of carbonyl (C=O) groups is 1. The summed E-state index contributed by atoms with van der Waals surface area (Å²) >= 11 is 1.03. The van der Waals surface area contributed by atoms with E-state index in [-0.39, 0.29) is 16.8 Å². The first-order valence-electron chi connectivity index (χ1n) is 8.77. The molecule has 3 aromatic rings. The van der Waals surface area contributed by atoms with Crippen LogP contribution in [0.2, 0.25) is 0 Å². The Morgan fingerprint density at radius 3 is 2.38 bits per heavy atom. The fraction of sp³-hybridized carbons (Fsp3) is 0.238. The monoisotopic (exact) mass is 364 g/mol. The summed E-state index contributed by atoms with van der Waals surface area (Å²) < 4.78 is 1.68. The van der Waals surface area contributed by atoms with E-state index in [1.165, 1.54) is 5.56 Å². The number of nitrogens with zero attached hydrogens (tertiary/aromatic N) is 1. The van der Waals surface area contributed by atoms with E-state index in [1.807, 2.05) is 37.3 Å². The number of hydrogen-bond acceptors (Lipinski definition) is 3. The van der Waals surface area contributed by atoms with Crippen LogP contribution in [0.3, 0.4) is 0 Å². The summed E-state index contributed by atoms with van der Waals surface area (Å²) in [4.78, 5) is 25.1. The van der Waals surface area contributed by atoms with E-state index in [0.717, 1.165) is 41.0 Å². The van der Waals surface area contributed by atoms with Crippen LogP contribution < -0.4 is 10.2 Å². The van der Waals surface area contributed by atoms with E-state index in [1.54, 1.807) is 4.57 Å². The lowest BCUT2D eigenvalue weighted by Crippen LogP contribution is -2.25. The average Bonchev–Trinajstić information content (AvgIpc) is 3.43. The maximum Gasteiger partial charge on any atom is 0.308 e. The first-order valence-corrected chi connectivity index (χ1v) is 9.59. The van der Waals surface area contributed by atoms with Gasteiger partial charge in [-0.2, -0.15) is 0 Å².